The number of unbranched alkanes of at least 4 members (excludes halogenated alkanes) is 2. The molecule has 0 radical (unpaired) electrons. The predicted octanol–water partition coefficient (Wildman–Crippen LogP) is 3.38. The number of aromatic nitrogens is 1. The summed E-state index contributed by atoms with van der Waals surface area (Å²) in [5.74, 6) is -1.23. The second-order valence-electron chi connectivity index (χ2n) is 6.54. The van der Waals surface area contributed by atoms with E-state index in [0.29, 0.717) is 12.1 Å². The minimum absolute atomic E-state index is 0.0986. The Balaban J connectivity index is 2.21. The second kappa shape index (κ2) is 8.32. The highest BCUT2D eigenvalue weighted by Gasteiger charge is 2.48. The van der Waals surface area contributed by atoms with Gasteiger partial charge in [-0.05, 0) is 24.6 Å². The maximum absolute atomic E-state index is 12.6. The summed E-state index contributed by atoms with van der Waals surface area (Å²) in [4.78, 5) is 32.0. The van der Waals surface area contributed by atoms with Crippen LogP contribution in [0.3, 0.4) is 0 Å². The smallest absolute Gasteiger partial charge is 0.280 e. The molecule has 0 fully saturated rings. The van der Waals surface area contributed by atoms with Gasteiger partial charge in [0.15, 0.2) is 5.94 Å². The predicted molar refractivity (Wildman–Crippen MR) is 107 cm³/mol. The van der Waals surface area contributed by atoms with Gasteiger partial charge in [-0.15, -0.1) is 0 Å². The summed E-state index contributed by atoms with van der Waals surface area (Å²) in [5.41, 5.74) is 3.57. The number of amides is 1. The van der Waals surface area contributed by atoms with E-state index in [2.05, 4.69) is 26.4 Å². The van der Waals surface area contributed by atoms with Crippen LogP contribution in [-0.4, -0.2) is 34.8 Å². The number of benzene rings is 1. The molecule has 8 heteroatoms. The van der Waals surface area contributed by atoms with Gasteiger partial charge in [0.2, 0.25) is 11.5 Å². The molecule has 0 saturated carbocycles. The Hall–Kier alpha value is -2.38. The highest BCUT2D eigenvalue weighted by Crippen LogP contribution is 2.45. The number of hydrogen-bond acceptors (Lipinski definition) is 5. The van der Waals surface area contributed by atoms with Crippen LogP contribution in [0.1, 0.15) is 38.3 Å². The van der Waals surface area contributed by atoms with Crippen molar-refractivity contribution in [3.8, 4) is 0 Å². The van der Waals surface area contributed by atoms with Crippen molar-refractivity contribution in [2.24, 2.45) is 0 Å². The standard InChI is InChI=1S/C20H21BrN2O5/c1-3-4-5-9-20(26)18(17(16(11-24)28-20)19(25)23-27-2)15-10-12-13(21)7-6-8-14(12)22-15/h6-8,10,22,26H,3-5,9H2,1-2H3,(H,23,25). The molecule has 0 aliphatic carbocycles. The lowest BCUT2D eigenvalue weighted by molar-refractivity contribution is -0.128. The van der Waals surface area contributed by atoms with Gasteiger partial charge in [0.05, 0.1) is 12.7 Å². The van der Waals surface area contributed by atoms with E-state index in [1.807, 2.05) is 25.1 Å². The SMILES string of the molecule is CCCCCC1(O)OC(=C=O)C(C(=O)NOC)=C1c1cc2c(Br)cccc2[nH]1. The number of rotatable bonds is 7. The number of carbonyl (C=O) groups is 1. The summed E-state index contributed by atoms with van der Waals surface area (Å²) >= 11 is 3.50. The minimum Gasteiger partial charge on any atom is -0.446 e. The van der Waals surface area contributed by atoms with Crippen LogP contribution in [0.25, 0.3) is 16.5 Å². The number of aliphatic hydroxyl groups is 1. The molecule has 1 atom stereocenters. The Morgan fingerprint density at radius 2 is 2.21 bits per heavy atom. The lowest BCUT2D eigenvalue weighted by atomic mass is 9.93. The maximum Gasteiger partial charge on any atom is 0.280 e. The fourth-order valence-corrected chi connectivity index (χ4v) is 3.88. The molecule has 1 aromatic heterocycles. The van der Waals surface area contributed by atoms with Crippen LogP contribution in [0.4, 0.5) is 0 Å². The molecule has 28 heavy (non-hydrogen) atoms. The fourth-order valence-electron chi connectivity index (χ4n) is 3.40. The third kappa shape index (κ3) is 3.64. The first kappa shape index (κ1) is 20.4. The topological polar surface area (TPSA) is 101 Å². The van der Waals surface area contributed by atoms with Crippen molar-refractivity contribution in [2.45, 2.75) is 38.4 Å². The molecule has 2 aromatic rings. The molecule has 0 bridgehead atoms. The van der Waals surface area contributed by atoms with Gasteiger partial charge in [0.25, 0.3) is 5.91 Å². The number of fused-ring (bicyclic) bond motifs is 1. The number of nitrogens with one attached hydrogen (secondary N) is 2. The van der Waals surface area contributed by atoms with Gasteiger partial charge >= 0.3 is 0 Å². The first-order valence-electron chi connectivity index (χ1n) is 8.97. The number of carbonyl (C=O) groups excluding carboxylic acids is 2. The summed E-state index contributed by atoms with van der Waals surface area (Å²) in [6, 6.07) is 7.44. The zero-order chi connectivity index (χ0) is 20.3. The van der Waals surface area contributed by atoms with Gasteiger partial charge in [0.1, 0.15) is 5.57 Å². The Morgan fingerprint density at radius 3 is 2.86 bits per heavy atom. The molecular weight excluding hydrogens is 428 g/mol. The highest BCUT2D eigenvalue weighted by atomic mass is 79.9. The van der Waals surface area contributed by atoms with Crippen LogP contribution in [0, 0.1) is 0 Å². The zero-order valence-corrected chi connectivity index (χ0v) is 17.2. The van der Waals surface area contributed by atoms with E-state index in [9.17, 15) is 14.7 Å². The summed E-state index contributed by atoms with van der Waals surface area (Å²) in [5, 5.41) is 12.2. The zero-order valence-electron chi connectivity index (χ0n) is 15.6. The minimum atomic E-state index is -1.82. The molecule has 2 heterocycles. The largest absolute Gasteiger partial charge is 0.446 e. The lowest BCUT2D eigenvalue weighted by Crippen LogP contribution is -2.30. The molecule has 1 unspecified atom stereocenters. The second-order valence-corrected chi connectivity index (χ2v) is 7.40. The van der Waals surface area contributed by atoms with E-state index in [0.717, 1.165) is 28.2 Å². The van der Waals surface area contributed by atoms with Crippen molar-refractivity contribution in [1.82, 2.24) is 10.5 Å². The van der Waals surface area contributed by atoms with Crippen LogP contribution < -0.4 is 5.48 Å². The molecule has 3 rings (SSSR count). The molecule has 1 aliphatic rings. The number of halogens is 1. The van der Waals surface area contributed by atoms with Gasteiger partial charge in [-0.2, -0.15) is 0 Å². The Labute approximate surface area is 170 Å². The van der Waals surface area contributed by atoms with Gasteiger partial charge in [-0.1, -0.05) is 41.8 Å². The van der Waals surface area contributed by atoms with Crippen molar-refractivity contribution in [3.05, 3.63) is 45.8 Å². The van der Waals surface area contributed by atoms with E-state index >= 15 is 0 Å². The van der Waals surface area contributed by atoms with E-state index < -0.39 is 11.7 Å². The molecule has 7 nitrogen and oxygen atoms in total. The first-order chi connectivity index (χ1) is 13.4. The third-order valence-electron chi connectivity index (χ3n) is 4.65. The average molecular weight is 449 g/mol. The number of H-pyrrole nitrogens is 1. The molecule has 3 N–H and O–H groups in total. The van der Waals surface area contributed by atoms with Gasteiger partial charge < -0.3 is 14.8 Å². The van der Waals surface area contributed by atoms with Gasteiger partial charge in [-0.25, -0.2) is 10.3 Å². The number of hydroxylamine groups is 1. The Kier molecular flexibility index (Phi) is 6.05. The lowest BCUT2D eigenvalue weighted by Gasteiger charge is -2.25. The molecule has 0 spiro atoms. The molecule has 1 aliphatic heterocycles. The fraction of sp³-hybridized carbons (Fsp3) is 0.350. The summed E-state index contributed by atoms with van der Waals surface area (Å²) in [7, 11) is 1.28. The van der Waals surface area contributed by atoms with Crippen molar-refractivity contribution >= 4 is 44.3 Å². The van der Waals surface area contributed by atoms with Crippen molar-refractivity contribution in [2.75, 3.05) is 7.11 Å². The number of aromatic amines is 1. The molecule has 148 valence electrons. The van der Waals surface area contributed by atoms with Gasteiger partial charge in [0, 0.05) is 27.5 Å². The van der Waals surface area contributed by atoms with E-state index in [4.69, 9.17) is 9.57 Å². The maximum atomic E-state index is 12.6. The highest BCUT2D eigenvalue weighted by molar-refractivity contribution is 9.10. The van der Waals surface area contributed by atoms with Crippen LogP contribution in [-0.2, 0) is 19.2 Å². The van der Waals surface area contributed by atoms with Crippen molar-refractivity contribution < 1.29 is 24.3 Å². The van der Waals surface area contributed by atoms with Crippen LogP contribution in [0.5, 0.6) is 0 Å². The van der Waals surface area contributed by atoms with E-state index in [1.54, 1.807) is 12.0 Å². The summed E-state index contributed by atoms with van der Waals surface area (Å²) in [6.07, 6.45) is 2.70. The molecular formula is C20H21BrN2O5. The summed E-state index contributed by atoms with van der Waals surface area (Å²) in [6.45, 7) is 2.04. The first-order valence-corrected chi connectivity index (χ1v) is 9.77. The number of ether oxygens (including phenoxy) is 1. The van der Waals surface area contributed by atoms with Crippen LogP contribution >= 0.6 is 15.9 Å². The monoisotopic (exact) mass is 448 g/mol. The Bertz CT molecular complexity index is 990. The van der Waals surface area contributed by atoms with E-state index in [-0.39, 0.29) is 23.3 Å². The molecule has 1 aromatic carbocycles. The van der Waals surface area contributed by atoms with Crippen molar-refractivity contribution in [3.63, 3.8) is 0 Å². The van der Waals surface area contributed by atoms with Gasteiger partial charge in [-0.3, -0.25) is 9.63 Å². The normalized spacial score (nSPS) is 19.1. The third-order valence-corrected chi connectivity index (χ3v) is 5.34. The molecule has 1 amide bonds. The van der Waals surface area contributed by atoms with Crippen molar-refractivity contribution in [1.29, 1.82) is 0 Å². The summed E-state index contributed by atoms with van der Waals surface area (Å²) < 4.78 is 6.40. The van der Waals surface area contributed by atoms with Crippen LogP contribution in [0.2, 0.25) is 0 Å². The van der Waals surface area contributed by atoms with E-state index in [1.165, 1.54) is 7.11 Å². The molecule has 0 saturated heterocycles. The number of hydrogen-bond donors (Lipinski definition) is 3. The average Bonchev–Trinajstić information content (AvgIpc) is 3.21. The quantitative estimate of drug-likeness (QED) is 0.342. The Morgan fingerprint density at radius 1 is 1.43 bits per heavy atom. The van der Waals surface area contributed by atoms with Crippen LogP contribution in [0.15, 0.2) is 40.1 Å².